The molecule has 0 radical (unpaired) electrons. The molecular formula is C12H26O12S8. The van der Waals surface area contributed by atoms with Crippen LogP contribution in [0.15, 0.2) is 0 Å². The van der Waals surface area contributed by atoms with Gasteiger partial charge in [-0.25, -0.2) is 0 Å². The topological polar surface area (TPSA) is 173 Å². The van der Waals surface area contributed by atoms with Crippen molar-refractivity contribution in [3.63, 3.8) is 0 Å². The molecule has 0 bridgehead atoms. The molecule has 2 atom stereocenters. The summed E-state index contributed by atoms with van der Waals surface area (Å²) in [6.45, 7) is -2.16. The average molecular weight is 619 g/mol. The Morgan fingerprint density at radius 3 is 1.09 bits per heavy atom. The maximum Gasteiger partial charge on any atom is 0.273 e. The fourth-order valence-electron chi connectivity index (χ4n) is 1.64. The lowest BCUT2D eigenvalue weighted by Crippen LogP contribution is -2.34. The molecule has 32 heavy (non-hydrogen) atoms. The highest BCUT2D eigenvalue weighted by Crippen LogP contribution is 2.12. The quantitative estimate of drug-likeness (QED) is 0.101. The normalized spacial score (nSPS) is 15.5. The SMILES string of the molecule is O=S(=O)(CCS(=O)(=O)OCC(CS)S(=O)(=O)OCCS)OCC(CS)S(=O)(=O)OCCS. The van der Waals surface area contributed by atoms with E-state index in [1.807, 2.05) is 0 Å². The van der Waals surface area contributed by atoms with E-state index in [-0.39, 0.29) is 36.2 Å². The van der Waals surface area contributed by atoms with E-state index in [1.165, 1.54) is 0 Å². The first-order valence-corrected chi connectivity index (χ1v) is 17.2. The molecule has 0 spiro atoms. The Morgan fingerprint density at radius 2 is 0.844 bits per heavy atom. The van der Waals surface area contributed by atoms with Crippen LogP contribution in [-0.2, 0) is 57.2 Å². The van der Waals surface area contributed by atoms with Gasteiger partial charge in [0.05, 0.1) is 37.9 Å². The van der Waals surface area contributed by atoms with Crippen LogP contribution >= 0.6 is 50.5 Å². The fraction of sp³-hybridized carbons (Fsp3) is 1.00. The number of thiol groups is 4. The first-order chi connectivity index (χ1) is 14.7. The summed E-state index contributed by atoms with van der Waals surface area (Å²) in [5.74, 6) is -2.57. The van der Waals surface area contributed by atoms with Crippen molar-refractivity contribution in [3.05, 3.63) is 0 Å². The van der Waals surface area contributed by atoms with Gasteiger partial charge in [-0.05, 0) is 0 Å². The second-order valence-corrected chi connectivity index (χ2v) is 14.7. The Kier molecular flexibility index (Phi) is 15.7. The van der Waals surface area contributed by atoms with E-state index in [4.69, 9.17) is 0 Å². The summed E-state index contributed by atoms with van der Waals surface area (Å²) < 4.78 is 114. The van der Waals surface area contributed by atoms with Crippen LogP contribution in [0.3, 0.4) is 0 Å². The van der Waals surface area contributed by atoms with Crippen LogP contribution in [0.5, 0.6) is 0 Å². The van der Waals surface area contributed by atoms with E-state index in [0.717, 1.165) is 0 Å². The van der Waals surface area contributed by atoms with Gasteiger partial charge in [0.1, 0.15) is 10.5 Å². The Balaban J connectivity index is 4.88. The summed E-state index contributed by atoms with van der Waals surface area (Å²) in [5, 5.41) is -2.85. The van der Waals surface area contributed by atoms with Crippen molar-refractivity contribution in [1.82, 2.24) is 0 Å². The Bertz CT molecular complexity index is 877. The molecule has 0 aromatic carbocycles. The molecule has 0 saturated carbocycles. The molecule has 0 fully saturated rings. The second-order valence-electron chi connectivity index (χ2n) is 5.78. The first-order valence-electron chi connectivity index (χ1n) is 8.60. The molecule has 0 N–H and O–H groups in total. The van der Waals surface area contributed by atoms with E-state index in [2.05, 4.69) is 67.2 Å². The van der Waals surface area contributed by atoms with Gasteiger partial charge in [0.25, 0.3) is 40.5 Å². The van der Waals surface area contributed by atoms with E-state index in [9.17, 15) is 33.7 Å². The zero-order chi connectivity index (χ0) is 25.1. The Hall–Kier alpha value is 1.04. The molecule has 0 saturated heterocycles. The minimum atomic E-state index is -4.48. The highest BCUT2D eigenvalue weighted by atomic mass is 32.2. The molecule has 12 nitrogen and oxygen atoms in total. The summed E-state index contributed by atoms with van der Waals surface area (Å²) in [4.78, 5) is 0. The predicted octanol–water partition coefficient (Wildman–Crippen LogP) is -1.17. The highest BCUT2D eigenvalue weighted by Gasteiger charge is 2.30. The van der Waals surface area contributed by atoms with Gasteiger partial charge in [0, 0.05) is 23.0 Å². The van der Waals surface area contributed by atoms with E-state index in [1.54, 1.807) is 0 Å². The van der Waals surface area contributed by atoms with Gasteiger partial charge in [-0.15, -0.1) is 0 Å². The molecule has 0 aliphatic heterocycles. The molecule has 0 aliphatic rings. The minimum Gasteiger partial charge on any atom is -0.269 e. The number of hydrogen-bond acceptors (Lipinski definition) is 16. The highest BCUT2D eigenvalue weighted by molar-refractivity contribution is 7.91. The summed E-state index contributed by atoms with van der Waals surface area (Å²) in [6.07, 6.45) is 0. The van der Waals surface area contributed by atoms with Gasteiger partial charge in [-0.3, -0.25) is 16.7 Å². The lowest BCUT2D eigenvalue weighted by atomic mass is 10.5. The van der Waals surface area contributed by atoms with E-state index >= 15 is 0 Å². The maximum absolute atomic E-state index is 12.0. The van der Waals surface area contributed by atoms with Crippen molar-refractivity contribution in [2.75, 3.05) is 60.9 Å². The Labute approximate surface area is 211 Å². The van der Waals surface area contributed by atoms with Gasteiger partial charge >= 0.3 is 0 Å². The van der Waals surface area contributed by atoms with Crippen LogP contribution in [0.4, 0.5) is 0 Å². The van der Waals surface area contributed by atoms with Gasteiger partial charge in [0.2, 0.25) is 0 Å². The zero-order valence-electron chi connectivity index (χ0n) is 16.5. The molecule has 2 unspecified atom stereocenters. The molecule has 0 rings (SSSR count). The van der Waals surface area contributed by atoms with Crippen molar-refractivity contribution in [1.29, 1.82) is 0 Å². The van der Waals surface area contributed by atoms with Crippen molar-refractivity contribution < 1.29 is 50.4 Å². The maximum atomic E-state index is 12.0. The minimum absolute atomic E-state index is 0.103. The molecule has 0 amide bonds. The smallest absolute Gasteiger partial charge is 0.269 e. The van der Waals surface area contributed by atoms with E-state index in [0.29, 0.717) is 0 Å². The summed E-state index contributed by atoms with van der Waals surface area (Å²) >= 11 is 15.2. The third-order valence-electron chi connectivity index (χ3n) is 3.35. The molecule has 0 heterocycles. The van der Waals surface area contributed by atoms with E-state index < -0.39 is 75.7 Å². The van der Waals surface area contributed by atoms with Crippen LogP contribution in [0.1, 0.15) is 0 Å². The van der Waals surface area contributed by atoms with Crippen molar-refractivity contribution in [3.8, 4) is 0 Å². The molecule has 0 aromatic heterocycles. The molecule has 194 valence electrons. The summed E-state index contributed by atoms with van der Waals surface area (Å²) in [6, 6.07) is 0. The van der Waals surface area contributed by atoms with Crippen LogP contribution in [-0.4, -0.2) is 105 Å². The lowest BCUT2D eigenvalue weighted by molar-refractivity contribution is 0.290. The van der Waals surface area contributed by atoms with Crippen LogP contribution in [0.25, 0.3) is 0 Å². The summed E-state index contributed by atoms with van der Waals surface area (Å²) in [5.41, 5.74) is 0. The molecular weight excluding hydrogens is 593 g/mol. The van der Waals surface area contributed by atoms with Gasteiger partial charge in [-0.1, -0.05) is 0 Å². The largest absolute Gasteiger partial charge is 0.273 e. The first kappa shape index (κ1) is 33.0. The standard InChI is InChI=1S/C12H26O12S8/c13-29(14,23-7-11(9-27)31(17,18)21-1-3-25)5-6-30(15,16)24-8-12(10-28)32(19,20)22-2-4-26/h11-12,25-28H,1-10H2. The van der Waals surface area contributed by atoms with Crippen molar-refractivity contribution >= 4 is 91.0 Å². The summed E-state index contributed by atoms with van der Waals surface area (Å²) in [7, 11) is -17.3. The molecule has 20 heteroatoms. The van der Waals surface area contributed by atoms with Crippen LogP contribution in [0.2, 0.25) is 0 Å². The lowest BCUT2D eigenvalue weighted by Gasteiger charge is -2.16. The average Bonchev–Trinajstić information content (AvgIpc) is 2.70. The van der Waals surface area contributed by atoms with Gasteiger partial charge in [-0.2, -0.15) is 84.2 Å². The third-order valence-corrected chi connectivity index (χ3v) is 11.0. The van der Waals surface area contributed by atoms with Crippen molar-refractivity contribution in [2.45, 2.75) is 10.5 Å². The third kappa shape index (κ3) is 13.2. The van der Waals surface area contributed by atoms with Gasteiger partial charge in [0.15, 0.2) is 0 Å². The zero-order valence-corrected chi connectivity index (χ0v) is 23.4. The molecule has 0 aliphatic carbocycles. The fourth-order valence-corrected chi connectivity index (χ4v) is 8.01. The van der Waals surface area contributed by atoms with Gasteiger partial charge < -0.3 is 0 Å². The number of hydrogen-bond donors (Lipinski definition) is 4. The van der Waals surface area contributed by atoms with Crippen LogP contribution in [0, 0.1) is 0 Å². The predicted molar refractivity (Wildman–Crippen MR) is 132 cm³/mol. The Morgan fingerprint density at radius 1 is 0.531 bits per heavy atom. The van der Waals surface area contributed by atoms with Crippen molar-refractivity contribution in [2.24, 2.45) is 0 Å². The van der Waals surface area contributed by atoms with Crippen LogP contribution < -0.4 is 0 Å². The second kappa shape index (κ2) is 15.2. The number of rotatable bonds is 19. The molecule has 0 aromatic rings. The monoisotopic (exact) mass is 618 g/mol.